The molecule has 1 saturated heterocycles. The summed E-state index contributed by atoms with van der Waals surface area (Å²) in [6.45, 7) is 1.17. The van der Waals surface area contributed by atoms with E-state index in [-0.39, 0.29) is 11.9 Å². The molecular formula is C21H17N3O3S. The van der Waals surface area contributed by atoms with E-state index in [0.717, 1.165) is 16.7 Å². The van der Waals surface area contributed by atoms with Gasteiger partial charge in [-0.1, -0.05) is 60.3 Å². The van der Waals surface area contributed by atoms with E-state index in [1.807, 2.05) is 60.9 Å². The largest absolute Gasteiger partial charge is 0.346 e. The van der Waals surface area contributed by atoms with E-state index >= 15 is 0 Å². The smallest absolute Gasteiger partial charge is 0.270 e. The second kappa shape index (κ2) is 7.98. The lowest BCUT2D eigenvalue weighted by molar-refractivity contribution is -0.0436. The Kier molecular flexibility index (Phi) is 5.26. The van der Waals surface area contributed by atoms with Crippen molar-refractivity contribution < 1.29 is 9.47 Å². The van der Waals surface area contributed by atoms with Gasteiger partial charge in [0.25, 0.3) is 5.56 Å². The van der Waals surface area contributed by atoms with Crippen molar-refractivity contribution in [3.63, 3.8) is 0 Å². The first kappa shape index (κ1) is 18.4. The van der Waals surface area contributed by atoms with Crippen LogP contribution < -0.4 is 5.56 Å². The highest BCUT2D eigenvalue weighted by molar-refractivity contribution is 7.98. The van der Waals surface area contributed by atoms with Crippen LogP contribution in [-0.2, 0) is 9.47 Å². The number of aromatic amines is 1. The van der Waals surface area contributed by atoms with Gasteiger partial charge in [-0.15, -0.1) is 0 Å². The molecule has 1 aromatic heterocycles. The van der Waals surface area contributed by atoms with Gasteiger partial charge >= 0.3 is 0 Å². The van der Waals surface area contributed by atoms with E-state index in [9.17, 15) is 10.1 Å². The fraction of sp³-hybridized carbons (Fsp3) is 0.190. The average molecular weight is 391 g/mol. The maximum absolute atomic E-state index is 12.1. The molecule has 0 amide bonds. The van der Waals surface area contributed by atoms with E-state index in [1.54, 1.807) is 0 Å². The van der Waals surface area contributed by atoms with Crippen molar-refractivity contribution in [2.24, 2.45) is 0 Å². The molecule has 0 radical (unpaired) electrons. The lowest BCUT2D eigenvalue weighted by Crippen LogP contribution is -2.14. The van der Waals surface area contributed by atoms with Gasteiger partial charge in [-0.3, -0.25) is 4.79 Å². The number of nitrogens with one attached hydrogen (secondary N) is 1. The van der Waals surface area contributed by atoms with Gasteiger partial charge in [0.2, 0.25) is 0 Å². The van der Waals surface area contributed by atoms with Crippen LogP contribution in [-0.4, -0.2) is 29.4 Å². The molecule has 1 fully saturated rings. The minimum Gasteiger partial charge on any atom is -0.346 e. The molecule has 0 unspecified atom stereocenters. The van der Waals surface area contributed by atoms with Crippen LogP contribution in [0.1, 0.15) is 17.4 Å². The van der Waals surface area contributed by atoms with Crippen molar-refractivity contribution >= 4 is 11.8 Å². The minimum absolute atomic E-state index is 0.0127. The summed E-state index contributed by atoms with van der Waals surface area (Å²) in [4.78, 5) is 19.2. The molecule has 7 heteroatoms. The molecule has 6 nitrogen and oxygen atoms in total. The summed E-state index contributed by atoms with van der Waals surface area (Å²) in [5, 5.41) is 9.85. The second-order valence-electron chi connectivity index (χ2n) is 6.15. The van der Waals surface area contributed by atoms with Crippen LogP contribution in [0.5, 0.6) is 0 Å². The SMILES string of the molecule is CSc1nc(-c2ccc(-c3ccccc3C3OCCO3)cc2)c(C#N)c(=O)[nH]1. The number of rotatable bonds is 4. The van der Waals surface area contributed by atoms with E-state index in [0.29, 0.717) is 29.6 Å². The second-order valence-corrected chi connectivity index (χ2v) is 6.94. The molecule has 0 saturated carbocycles. The van der Waals surface area contributed by atoms with Crippen molar-refractivity contribution in [2.45, 2.75) is 11.4 Å². The Morgan fingerprint density at radius 3 is 2.46 bits per heavy atom. The van der Waals surface area contributed by atoms with Gasteiger partial charge < -0.3 is 14.5 Å². The minimum atomic E-state index is -0.429. The van der Waals surface area contributed by atoms with Crippen LogP contribution in [0.15, 0.2) is 58.5 Å². The standard InChI is InChI=1S/C21H17N3O3S/c1-28-21-23-18(17(12-22)19(25)24-21)14-8-6-13(7-9-14)15-4-2-3-5-16(15)20-26-10-11-27-20/h2-9,20H,10-11H2,1H3,(H,23,24,25). The highest BCUT2D eigenvalue weighted by Crippen LogP contribution is 2.33. The number of H-pyrrole nitrogens is 1. The zero-order valence-corrected chi connectivity index (χ0v) is 16.0. The maximum Gasteiger partial charge on any atom is 0.270 e. The summed E-state index contributed by atoms with van der Waals surface area (Å²) >= 11 is 1.32. The topological polar surface area (TPSA) is 88.0 Å². The summed E-state index contributed by atoms with van der Waals surface area (Å²) in [5.41, 5.74) is 3.67. The number of benzene rings is 2. The van der Waals surface area contributed by atoms with Gasteiger partial charge in [-0.2, -0.15) is 5.26 Å². The lowest BCUT2D eigenvalue weighted by atomic mass is 9.97. The Balaban J connectivity index is 1.75. The lowest BCUT2D eigenvalue weighted by Gasteiger charge is -2.15. The number of nitrogens with zero attached hydrogens (tertiary/aromatic N) is 2. The molecule has 4 rings (SSSR count). The summed E-state index contributed by atoms with van der Waals surface area (Å²) in [6.07, 6.45) is 1.46. The Hall–Kier alpha value is -2.92. The molecule has 28 heavy (non-hydrogen) atoms. The van der Waals surface area contributed by atoms with Crippen molar-refractivity contribution in [3.05, 3.63) is 70.0 Å². The molecule has 1 aliphatic rings. The fourth-order valence-electron chi connectivity index (χ4n) is 3.17. The average Bonchev–Trinajstić information content (AvgIpc) is 3.28. The van der Waals surface area contributed by atoms with E-state index in [1.165, 1.54) is 11.8 Å². The van der Waals surface area contributed by atoms with Crippen molar-refractivity contribution in [1.82, 2.24) is 9.97 Å². The van der Waals surface area contributed by atoms with Crippen LogP contribution >= 0.6 is 11.8 Å². The number of hydrogen-bond acceptors (Lipinski definition) is 6. The van der Waals surface area contributed by atoms with Gasteiger partial charge in [0.15, 0.2) is 11.4 Å². The molecule has 0 aliphatic carbocycles. The number of ether oxygens (including phenoxy) is 2. The Morgan fingerprint density at radius 2 is 1.79 bits per heavy atom. The highest BCUT2D eigenvalue weighted by Gasteiger charge is 2.21. The number of nitriles is 1. The summed E-state index contributed by atoms with van der Waals surface area (Å²) in [7, 11) is 0. The maximum atomic E-state index is 12.1. The Bertz CT molecular complexity index is 1100. The molecule has 1 N–H and O–H groups in total. The predicted molar refractivity (Wildman–Crippen MR) is 107 cm³/mol. The molecule has 1 aliphatic heterocycles. The third-order valence-corrected chi connectivity index (χ3v) is 5.09. The zero-order valence-electron chi connectivity index (χ0n) is 15.1. The first-order valence-corrected chi connectivity index (χ1v) is 9.95. The van der Waals surface area contributed by atoms with Crippen LogP contribution in [0.4, 0.5) is 0 Å². The van der Waals surface area contributed by atoms with Crippen LogP contribution in [0, 0.1) is 11.3 Å². The summed E-state index contributed by atoms with van der Waals surface area (Å²) in [5.74, 6) is 0. The first-order valence-electron chi connectivity index (χ1n) is 8.72. The third-order valence-electron chi connectivity index (χ3n) is 4.51. The highest BCUT2D eigenvalue weighted by atomic mass is 32.2. The number of thioether (sulfide) groups is 1. The number of hydrogen-bond donors (Lipinski definition) is 1. The first-order chi connectivity index (χ1) is 13.7. The fourth-order valence-corrected chi connectivity index (χ4v) is 3.55. The quantitative estimate of drug-likeness (QED) is 0.538. The van der Waals surface area contributed by atoms with Gasteiger partial charge in [0.05, 0.1) is 18.9 Å². The molecule has 0 spiro atoms. The van der Waals surface area contributed by atoms with E-state index in [4.69, 9.17) is 9.47 Å². The van der Waals surface area contributed by atoms with Crippen molar-refractivity contribution in [1.29, 1.82) is 5.26 Å². The molecule has 0 bridgehead atoms. The molecule has 3 aromatic rings. The van der Waals surface area contributed by atoms with Crippen LogP contribution in [0.2, 0.25) is 0 Å². The number of aromatic nitrogens is 2. The molecule has 0 atom stereocenters. The molecule has 2 heterocycles. The van der Waals surface area contributed by atoms with Gasteiger partial charge in [0, 0.05) is 11.1 Å². The normalized spacial score (nSPS) is 14.1. The molecule has 2 aromatic carbocycles. The predicted octanol–water partition coefficient (Wildman–Crippen LogP) is 3.74. The molecule has 140 valence electrons. The van der Waals surface area contributed by atoms with E-state index < -0.39 is 5.56 Å². The van der Waals surface area contributed by atoms with Crippen LogP contribution in [0.3, 0.4) is 0 Å². The summed E-state index contributed by atoms with van der Waals surface area (Å²) in [6, 6.07) is 17.5. The Morgan fingerprint density at radius 1 is 1.11 bits per heavy atom. The van der Waals surface area contributed by atoms with Crippen molar-refractivity contribution in [2.75, 3.05) is 19.5 Å². The summed E-state index contributed by atoms with van der Waals surface area (Å²) < 4.78 is 11.3. The zero-order chi connectivity index (χ0) is 19.5. The van der Waals surface area contributed by atoms with Crippen molar-refractivity contribution in [3.8, 4) is 28.5 Å². The van der Waals surface area contributed by atoms with Gasteiger partial charge in [-0.25, -0.2) is 4.98 Å². The van der Waals surface area contributed by atoms with E-state index in [2.05, 4.69) is 9.97 Å². The monoisotopic (exact) mass is 391 g/mol. The Labute approximate surface area is 166 Å². The molecular weight excluding hydrogens is 374 g/mol. The van der Waals surface area contributed by atoms with Crippen LogP contribution in [0.25, 0.3) is 22.4 Å². The van der Waals surface area contributed by atoms with Gasteiger partial charge in [-0.05, 0) is 17.4 Å². The van der Waals surface area contributed by atoms with Gasteiger partial charge in [0.1, 0.15) is 11.6 Å². The third kappa shape index (κ3) is 3.45.